The molecule has 1 aromatic heterocycles. The van der Waals surface area contributed by atoms with E-state index in [2.05, 4.69) is 36.1 Å². The molecule has 0 radical (unpaired) electrons. The molecule has 3 aliphatic heterocycles. The van der Waals surface area contributed by atoms with E-state index in [0.717, 1.165) is 69.4 Å². The third kappa shape index (κ3) is 7.54. The summed E-state index contributed by atoms with van der Waals surface area (Å²) in [4.78, 5) is 31.0. The monoisotopic (exact) mass is 646 g/mol. The van der Waals surface area contributed by atoms with Gasteiger partial charge in [-0.1, -0.05) is 0 Å². The summed E-state index contributed by atoms with van der Waals surface area (Å²) >= 11 is 0. The van der Waals surface area contributed by atoms with E-state index in [9.17, 15) is 14.4 Å². The minimum Gasteiger partial charge on any atom is -0.495 e. The van der Waals surface area contributed by atoms with Crippen LogP contribution in [-0.2, 0) is 9.53 Å². The normalized spacial score (nSPS) is 20.8. The maximum atomic E-state index is 14.8. The minimum atomic E-state index is -1.46. The molecule has 1 amide bonds. The number of halogens is 1. The predicted octanol–water partition coefficient (Wildman–Crippen LogP) is 2.77. The lowest BCUT2D eigenvalue weighted by molar-refractivity contribution is -0.138. The van der Waals surface area contributed by atoms with Gasteiger partial charge in [-0.15, -0.1) is 0 Å². The van der Waals surface area contributed by atoms with Gasteiger partial charge in [0.1, 0.15) is 36.6 Å². The number of nitriles is 1. The molecule has 3 saturated heterocycles. The zero-order valence-corrected chi connectivity index (χ0v) is 26.3. The molecule has 3 aromatic rings. The summed E-state index contributed by atoms with van der Waals surface area (Å²) < 4.78 is 32.0. The summed E-state index contributed by atoms with van der Waals surface area (Å²) in [5.41, 5.74) is 2.56. The van der Waals surface area contributed by atoms with Crippen molar-refractivity contribution in [2.45, 2.75) is 37.6 Å². The number of aromatic nitrogens is 3. The van der Waals surface area contributed by atoms with E-state index in [-0.39, 0.29) is 30.8 Å². The first-order valence-corrected chi connectivity index (χ1v) is 15.9. The molecule has 0 saturated carbocycles. The average Bonchev–Trinajstić information content (AvgIpc) is 3.12. The number of rotatable bonds is 9. The number of morpholine rings is 1. The summed E-state index contributed by atoms with van der Waals surface area (Å²) in [6.07, 6.45) is 1.54. The molecule has 2 atom stereocenters. The van der Waals surface area contributed by atoms with Gasteiger partial charge in [0.2, 0.25) is 11.9 Å². The fourth-order valence-corrected chi connectivity index (χ4v) is 6.42. The number of aliphatic hydroxyl groups excluding tert-OH is 1. The van der Waals surface area contributed by atoms with Crippen molar-refractivity contribution < 1.29 is 28.5 Å². The van der Waals surface area contributed by atoms with Crippen LogP contribution in [0.15, 0.2) is 42.7 Å². The molecule has 14 heteroatoms. The molecule has 3 fully saturated rings. The Morgan fingerprint density at radius 2 is 1.89 bits per heavy atom. The fourth-order valence-electron chi connectivity index (χ4n) is 6.42. The van der Waals surface area contributed by atoms with Crippen molar-refractivity contribution in [1.82, 2.24) is 24.8 Å². The van der Waals surface area contributed by atoms with Gasteiger partial charge < -0.3 is 34.4 Å². The van der Waals surface area contributed by atoms with Crippen molar-refractivity contribution in [2.75, 3.05) is 76.4 Å². The molecule has 4 heterocycles. The van der Waals surface area contributed by atoms with E-state index in [1.807, 2.05) is 18.2 Å². The maximum absolute atomic E-state index is 14.8. The van der Waals surface area contributed by atoms with Gasteiger partial charge in [0.05, 0.1) is 38.1 Å². The Morgan fingerprint density at radius 1 is 1.09 bits per heavy atom. The number of hydrogen-bond donors (Lipinski definition) is 2. The number of benzene rings is 2. The predicted molar refractivity (Wildman–Crippen MR) is 171 cm³/mol. The number of methoxy groups -OCH3 is 1. The number of aliphatic hydroxyl groups is 1. The van der Waals surface area contributed by atoms with E-state index >= 15 is 0 Å². The number of ether oxygens (including phenoxy) is 3. The quantitative estimate of drug-likeness (QED) is 0.352. The Labute approximate surface area is 272 Å². The van der Waals surface area contributed by atoms with Gasteiger partial charge in [-0.05, 0) is 43.2 Å². The molecule has 248 valence electrons. The van der Waals surface area contributed by atoms with Crippen LogP contribution in [0.5, 0.6) is 11.5 Å². The lowest BCUT2D eigenvalue weighted by atomic mass is 10.0. The third-order valence-corrected chi connectivity index (χ3v) is 8.98. The van der Waals surface area contributed by atoms with Gasteiger partial charge in [0, 0.05) is 62.5 Å². The number of hydrogen-bond acceptors (Lipinski definition) is 12. The van der Waals surface area contributed by atoms with Gasteiger partial charge in [0.15, 0.2) is 12.0 Å². The van der Waals surface area contributed by atoms with Crippen molar-refractivity contribution in [3.8, 4) is 29.0 Å². The molecule has 0 aliphatic carbocycles. The van der Waals surface area contributed by atoms with Gasteiger partial charge in [-0.25, -0.2) is 14.4 Å². The second-order valence-corrected chi connectivity index (χ2v) is 11.8. The van der Waals surface area contributed by atoms with Crippen molar-refractivity contribution in [2.24, 2.45) is 0 Å². The van der Waals surface area contributed by atoms with E-state index in [4.69, 9.17) is 19.3 Å². The maximum Gasteiger partial charge on any atom is 0.248 e. The van der Waals surface area contributed by atoms with Crippen molar-refractivity contribution in [1.29, 1.82) is 5.26 Å². The standard InChI is InChI=1S/C33H39FN8O5/c1-45-30-17-24(3-4-27(30)41-9-6-25(7-10-41)40-12-14-46-15-13-40)38-33-37-21-36-32(39-33)22-2-5-28(23(16-22)18-35)47-29-8-11-42(19-26(29)34)31(44)20-43/h2-5,16-17,21,25-26,29,43H,6-15,19-20H2,1H3,(H,36,37,38,39)/t26-,29?/m1/s1. The van der Waals surface area contributed by atoms with E-state index in [0.29, 0.717) is 23.4 Å². The second kappa shape index (κ2) is 14.9. The Kier molecular flexibility index (Phi) is 10.3. The summed E-state index contributed by atoms with van der Waals surface area (Å²) in [5.74, 6) is 1.13. The molecule has 2 N–H and O–H groups in total. The Hall–Kier alpha value is -4.58. The highest BCUT2D eigenvalue weighted by Crippen LogP contribution is 2.35. The number of carbonyl (C=O) groups excluding carboxylic acids is 1. The SMILES string of the molecule is COc1cc(Nc2ncnc(-c3ccc(OC4CCN(C(=O)CO)C[C@H]4F)c(C#N)c3)n2)ccc1N1CCC(N2CCOCC2)CC1. The first-order chi connectivity index (χ1) is 22.9. The van der Waals surface area contributed by atoms with Crippen LogP contribution in [0.1, 0.15) is 24.8 Å². The van der Waals surface area contributed by atoms with Crippen LogP contribution in [0.3, 0.4) is 0 Å². The van der Waals surface area contributed by atoms with E-state index in [1.165, 1.54) is 11.2 Å². The first-order valence-electron chi connectivity index (χ1n) is 15.9. The number of nitrogens with one attached hydrogen (secondary N) is 1. The van der Waals surface area contributed by atoms with Crippen LogP contribution in [0, 0.1) is 11.3 Å². The number of nitrogens with zero attached hydrogens (tertiary/aromatic N) is 7. The van der Waals surface area contributed by atoms with Gasteiger partial charge in [0.25, 0.3) is 0 Å². The average molecular weight is 647 g/mol. The van der Waals surface area contributed by atoms with Crippen LogP contribution in [0.2, 0.25) is 0 Å². The third-order valence-electron chi connectivity index (χ3n) is 8.98. The topological polar surface area (TPSA) is 149 Å². The molecule has 0 bridgehead atoms. The summed E-state index contributed by atoms with van der Waals surface area (Å²) in [6.45, 7) is 4.97. The smallest absolute Gasteiger partial charge is 0.248 e. The number of piperidine rings is 2. The van der Waals surface area contributed by atoms with E-state index in [1.54, 1.807) is 25.3 Å². The number of carbonyl (C=O) groups is 1. The molecule has 13 nitrogen and oxygen atoms in total. The van der Waals surface area contributed by atoms with Crippen molar-refractivity contribution >= 4 is 23.2 Å². The molecule has 6 rings (SSSR count). The fraction of sp³-hybridized carbons (Fsp3) is 0.485. The lowest BCUT2D eigenvalue weighted by Crippen LogP contribution is -2.50. The highest BCUT2D eigenvalue weighted by atomic mass is 19.1. The van der Waals surface area contributed by atoms with E-state index < -0.39 is 24.8 Å². The van der Waals surface area contributed by atoms with Crippen LogP contribution in [-0.4, -0.2) is 120 Å². The largest absolute Gasteiger partial charge is 0.495 e. The van der Waals surface area contributed by atoms with Gasteiger partial charge in [-0.3, -0.25) is 9.69 Å². The Bertz CT molecular complexity index is 1590. The molecular formula is C33H39FN8O5. The summed E-state index contributed by atoms with van der Waals surface area (Å²) in [5, 5.41) is 22.1. The van der Waals surface area contributed by atoms with Crippen LogP contribution >= 0.6 is 0 Å². The molecule has 47 heavy (non-hydrogen) atoms. The number of anilines is 3. The zero-order chi connectivity index (χ0) is 32.8. The Balaban J connectivity index is 1.10. The first kappa shape index (κ1) is 32.4. The van der Waals surface area contributed by atoms with Gasteiger partial charge in [-0.2, -0.15) is 10.2 Å². The number of alkyl halides is 1. The number of amides is 1. The molecule has 0 spiro atoms. The number of likely N-dealkylation sites (tertiary alicyclic amines) is 1. The highest BCUT2D eigenvalue weighted by molar-refractivity contribution is 5.77. The van der Waals surface area contributed by atoms with Crippen LogP contribution in [0.25, 0.3) is 11.4 Å². The highest BCUT2D eigenvalue weighted by Gasteiger charge is 2.33. The summed E-state index contributed by atoms with van der Waals surface area (Å²) in [7, 11) is 1.67. The zero-order valence-electron chi connectivity index (χ0n) is 26.3. The molecule has 1 unspecified atom stereocenters. The summed E-state index contributed by atoms with van der Waals surface area (Å²) in [6, 6.07) is 13.5. The van der Waals surface area contributed by atoms with Crippen molar-refractivity contribution in [3.05, 3.63) is 48.3 Å². The lowest BCUT2D eigenvalue weighted by Gasteiger charge is -2.41. The Morgan fingerprint density at radius 3 is 2.62 bits per heavy atom. The van der Waals surface area contributed by atoms with Crippen LogP contribution in [0.4, 0.5) is 21.7 Å². The van der Waals surface area contributed by atoms with Crippen LogP contribution < -0.4 is 19.7 Å². The molecular weight excluding hydrogens is 607 g/mol. The van der Waals surface area contributed by atoms with Crippen molar-refractivity contribution in [3.63, 3.8) is 0 Å². The van der Waals surface area contributed by atoms with Gasteiger partial charge >= 0.3 is 0 Å². The molecule has 3 aliphatic rings. The second-order valence-electron chi connectivity index (χ2n) is 11.8. The molecule has 2 aromatic carbocycles. The minimum absolute atomic E-state index is 0.173.